The average Bonchev–Trinajstić information content (AvgIpc) is 2.86. The van der Waals surface area contributed by atoms with E-state index in [1.807, 2.05) is 34.9 Å². The van der Waals surface area contributed by atoms with E-state index >= 15 is 0 Å². The molecule has 3 rings (SSSR count). The van der Waals surface area contributed by atoms with Crippen molar-refractivity contribution in [3.63, 3.8) is 0 Å². The first-order valence-electron chi connectivity index (χ1n) is 6.03. The number of nitrogens with zero attached hydrogens (tertiary/aromatic N) is 5. The van der Waals surface area contributed by atoms with E-state index in [1.54, 1.807) is 18.3 Å². The van der Waals surface area contributed by atoms with Crippen LogP contribution in [-0.4, -0.2) is 14.5 Å². The third-order valence-electron chi connectivity index (χ3n) is 2.99. The van der Waals surface area contributed by atoms with Gasteiger partial charge in [-0.05, 0) is 24.3 Å². The summed E-state index contributed by atoms with van der Waals surface area (Å²) in [7, 11) is 0. The van der Waals surface area contributed by atoms with E-state index in [0.29, 0.717) is 11.5 Å². The van der Waals surface area contributed by atoms with Crippen molar-refractivity contribution in [2.75, 3.05) is 0 Å². The minimum Gasteiger partial charge on any atom is -0.294 e. The number of imidazole rings is 1. The summed E-state index contributed by atoms with van der Waals surface area (Å²) in [5.74, 6) is 0.667. The highest BCUT2D eigenvalue weighted by Gasteiger charge is 2.11. The molecule has 0 saturated heterocycles. The smallest absolute Gasteiger partial charge is 0.140 e. The van der Waals surface area contributed by atoms with Crippen LogP contribution in [0.4, 0.5) is 0 Å². The third-order valence-corrected chi connectivity index (χ3v) is 2.99. The lowest BCUT2D eigenvalue weighted by Gasteiger charge is -2.06. The van der Waals surface area contributed by atoms with Gasteiger partial charge in [-0.2, -0.15) is 10.5 Å². The lowest BCUT2D eigenvalue weighted by molar-refractivity contribution is 0.946. The zero-order chi connectivity index (χ0) is 13.9. The summed E-state index contributed by atoms with van der Waals surface area (Å²) in [6.45, 7) is 0. The molecule has 2 aromatic heterocycles. The van der Waals surface area contributed by atoms with Crippen molar-refractivity contribution in [1.29, 1.82) is 10.5 Å². The fourth-order valence-electron chi connectivity index (χ4n) is 2.14. The van der Waals surface area contributed by atoms with Crippen molar-refractivity contribution in [2.45, 2.75) is 6.42 Å². The highest BCUT2D eigenvalue weighted by Crippen LogP contribution is 2.21. The largest absolute Gasteiger partial charge is 0.294 e. The van der Waals surface area contributed by atoms with Crippen LogP contribution in [0.5, 0.6) is 0 Å². The van der Waals surface area contributed by atoms with E-state index in [4.69, 9.17) is 10.5 Å². The molecule has 0 aliphatic carbocycles. The van der Waals surface area contributed by atoms with Crippen LogP contribution in [-0.2, 0) is 6.42 Å². The number of nitriles is 2. The maximum atomic E-state index is 8.94. The van der Waals surface area contributed by atoms with E-state index in [1.165, 1.54) is 0 Å². The second-order valence-corrected chi connectivity index (χ2v) is 4.20. The van der Waals surface area contributed by atoms with Gasteiger partial charge in [-0.1, -0.05) is 12.1 Å². The fourth-order valence-corrected chi connectivity index (χ4v) is 2.14. The Morgan fingerprint density at radius 1 is 1.10 bits per heavy atom. The van der Waals surface area contributed by atoms with Gasteiger partial charge in [0.05, 0.1) is 35.4 Å². The summed E-state index contributed by atoms with van der Waals surface area (Å²) in [5, 5.41) is 17.7. The molecule has 0 saturated carbocycles. The summed E-state index contributed by atoms with van der Waals surface area (Å²) in [5.41, 5.74) is 2.91. The van der Waals surface area contributed by atoms with E-state index < -0.39 is 0 Å². The average molecular weight is 259 g/mol. The van der Waals surface area contributed by atoms with Crippen molar-refractivity contribution in [3.05, 3.63) is 54.1 Å². The molecule has 20 heavy (non-hydrogen) atoms. The fraction of sp³-hybridized carbons (Fsp3) is 0.0667. The number of para-hydroxylation sites is 2. The Kier molecular flexibility index (Phi) is 2.87. The molecule has 94 valence electrons. The van der Waals surface area contributed by atoms with Gasteiger partial charge in [0.2, 0.25) is 0 Å². The van der Waals surface area contributed by atoms with E-state index in [0.717, 1.165) is 16.7 Å². The SMILES string of the molecule is N#CCc1nc2ccccc2n1-c1ccc(C#N)nc1. The van der Waals surface area contributed by atoms with Gasteiger partial charge < -0.3 is 0 Å². The Labute approximate surface area is 115 Å². The van der Waals surface area contributed by atoms with Gasteiger partial charge in [0.25, 0.3) is 0 Å². The van der Waals surface area contributed by atoms with Crippen molar-refractivity contribution in [3.8, 4) is 17.8 Å². The second kappa shape index (κ2) is 4.83. The minimum absolute atomic E-state index is 0.217. The first-order valence-corrected chi connectivity index (χ1v) is 6.03. The molecule has 0 atom stereocenters. The molecule has 0 bridgehead atoms. The van der Waals surface area contributed by atoms with Gasteiger partial charge in [0.1, 0.15) is 17.6 Å². The number of benzene rings is 1. The number of hydrogen-bond donors (Lipinski definition) is 0. The quantitative estimate of drug-likeness (QED) is 0.707. The second-order valence-electron chi connectivity index (χ2n) is 4.20. The topological polar surface area (TPSA) is 78.3 Å². The molecule has 0 radical (unpaired) electrons. The van der Waals surface area contributed by atoms with Gasteiger partial charge in [-0.15, -0.1) is 0 Å². The molecule has 0 aliphatic rings. The number of hydrogen-bond acceptors (Lipinski definition) is 4. The van der Waals surface area contributed by atoms with Crippen LogP contribution in [0, 0.1) is 22.7 Å². The van der Waals surface area contributed by atoms with E-state index in [2.05, 4.69) is 16.0 Å². The Hall–Kier alpha value is -3.18. The van der Waals surface area contributed by atoms with Crippen molar-refractivity contribution >= 4 is 11.0 Å². The minimum atomic E-state index is 0.217. The van der Waals surface area contributed by atoms with E-state index in [9.17, 15) is 0 Å². The van der Waals surface area contributed by atoms with Gasteiger partial charge in [-0.25, -0.2) is 9.97 Å². The molecule has 5 heteroatoms. The predicted molar refractivity (Wildman–Crippen MR) is 72.9 cm³/mol. The maximum absolute atomic E-state index is 8.94. The van der Waals surface area contributed by atoms with Crippen LogP contribution in [0.2, 0.25) is 0 Å². The van der Waals surface area contributed by atoms with Crippen molar-refractivity contribution < 1.29 is 0 Å². The first-order chi connectivity index (χ1) is 9.83. The van der Waals surface area contributed by atoms with Crippen LogP contribution in [0.15, 0.2) is 42.6 Å². The molecule has 0 fully saturated rings. The number of fused-ring (bicyclic) bond motifs is 1. The Morgan fingerprint density at radius 2 is 1.95 bits per heavy atom. The van der Waals surface area contributed by atoms with Crippen molar-refractivity contribution in [2.24, 2.45) is 0 Å². The molecule has 0 amide bonds. The zero-order valence-corrected chi connectivity index (χ0v) is 10.5. The zero-order valence-electron chi connectivity index (χ0n) is 10.5. The molecular weight excluding hydrogens is 250 g/mol. The van der Waals surface area contributed by atoms with Gasteiger partial charge in [-0.3, -0.25) is 4.57 Å². The monoisotopic (exact) mass is 259 g/mol. The Balaban J connectivity index is 2.25. The van der Waals surface area contributed by atoms with Crippen molar-refractivity contribution in [1.82, 2.24) is 14.5 Å². The summed E-state index contributed by atoms with van der Waals surface area (Å²) >= 11 is 0. The van der Waals surface area contributed by atoms with Crippen LogP contribution >= 0.6 is 0 Å². The highest BCUT2D eigenvalue weighted by molar-refractivity contribution is 5.78. The lowest BCUT2D eigenvalue weighted by atomic mass is 10.3. The molecule has 0 aliphatic heterocycles. The highest BCUT2D eigenvalue weighted by atomic mass is 15.1. The van der Waals surface area contributed by atoms with Gasteiger partial charge >= 0.3 is 0 Å². The molecule has 3 aromatic rings. The molecule has 1 aromatic carbocycles. The molecule has 0 N–H and O–H groups in total. The van der Waals surface area contributed by atoms with Gasteiger partial charge in [0.15, 0.2) is 0 Å². The number of pyridine rings is 1. The summed E-state index contributed by atoms with van der Waals surface area (Å²) in [6.07, 6.45) is 1.84. The Bertz CT molecular complexity index is 847. The van der Waals surface area contributed by atoms with Crippen LogP contribution in [0.3, 0.4) is 0 Å². The normalized spacial score (nSPS) is 10.1. The summed E-state index contributed by atoms with van der Waals surface area (Å²) in [6, 6.07) is 15.3. The summed E-state index contributed by atoms with van der Waals surface area (Å²) < 4.78 is 1.90. The Morgan fingerprint density at radius 3 is 2.65 bits per heavy atom. The predicted octanol–water partition coefficient (Wildman–Crippen LogP) is 2.36. The maximum Gasteiger partial charge on any atom is 0.140 e. The molecular formula is C15H9N5. The first kappa shape index (κ1) is 11.9. The van der Waals surface area contributed by atoms with E-state index in [-0.39, 0.29) is 6.42 Å². The number of rotatable bonds is 2. The van der Waals surface area contributed by atoms with Crippen LogP contribution < -0.4 is 0 Å². The molecule has 0 unspecified atom stereocenters. The summed E-state index contributed by atoms with van der Waals surface area (Å²) in [4.78, 5) is 8.54. The van der Waals surface area contributed by atoms with Crippen LogP contribution in [0.1, 0.15) is 11.5 Å². The molecule has 0 spiro atoms. The molecule has 2 heterocycles. The van der Waals surface area contributed by atoms with Gasteiger partial charge in [0, 0.05) is 0 Å². The standard InChI is InChI=1S/C15H9N5/c16-8-7-15-19-13-3-1-2-4-14(13)20(15)12-6-5-11(9-17)18-10-12/h1-6,10H,7H2. The van der Waals surface area contributed by atoms with Crippen LogP contribution in [0.25, 0.3) is 16.7 Å². The number of aromatic nitrogens is 3. The lowest BCUT2D eigenvalue weighted by Crippen LogP contribution is -2.01. The molecule has 5 nitrogen and oxygen atoms in total. The third kappa shape index (κ3) is 1.88.